The van der Waals surface area contributed by atoms with Crippen molar-refractivity contribution in [2.24, 2.45) is 17.8 Å². The Hall–Kier alpha value is 0.208. The number of rotatable bonds is 8. The molecule has 0 rings (SSSR count). The van der Waals surface area contributed by atoms with Gasteiger partial charge in [-0.05, 0) is 0 Å². The molecule has 0 aliphatic carbocycles. The van der Waals surface area contributed by atoms with Crippen molar-refractivity contribution in [2.45, 2.75) is 107 Å². The van der Waals surface area contributed by atoms with Crippen LogP contribution in [-0.2, 0) is 18.2 Å². The van der Waals surface area contributed by atoms with Gasteiger partial charge in [0.05, 0.1) is 0 Å². The van der Waals surface area contributed by atoms with Crippen molar-refractivity contribution in [2.75, 3.05) is 27.2 Å². The molecule has 0 saturated heterocycles. The number of nitrogens with zero attached hydrogens (tertiary/aromatic N) is 4. The summed E-state index contributed by atoms with van der Waals surface area (Å²) in [5.74, 6) is 0. The van der Waals surface area contributed by atoms with Gasteiger partial charge in [0.25, 0.3) is 0 Å². The van der Waals surface area contributed by atoms with E-state index in [2.05, 4.69) is 66.0 Å². The maximum absolute atomic E-state index is 5.02. The molecule has 0 aromatic carbocycles. The Balaban J connectivity index is -0.000000603. The first-order valence-electron chi connectivity index (χ1n) is 10.6. The smallest absolute Gasteiger partial charge is 0.0844 e. The third-order valence-corrected chi connectivity index (χ3v) is 6.61. The summed E-state index contributed by atoms with van der Waals surface area (Å²) < 4.78 is 10.0. The van der Waals surface area contributed by atoms with E-state index in [1.807, 2.05) is 13.8 Å². The topological polar surface area (TPSA) is 52.9 Å². The molecule has 0 fully saturated rings. The van der Waals surface area contributed by atoms with Gasteiger partial charge in [-0.25, -0.2) is 0 Å². The van der Waals surface area contributed by atoms with E-state index in [9.17, 15) is 0 Å². The third-order valence-electron chi connectivity index (χ3n) is 4.10. The largest absolute Gasteiger partial charge is 0.665 e. The summed E-state index contributed by atoms with van der Waals surface area (Å²) in [5.41, 5.74) is 0.598. The van der Waals surface area contributed by atoms with Crippen LogP contribution in [0.25, 0.3) is 10.6 Å². The van der Waals surface area contributed by atoms with Crippen LogP contribution in [0.5, 0.6) is 0 Å². The van der Waals surface area contributed by atoms with Gasteiger partial charge in [-0.15, -0.1) is 0 Å². The van der Waals surface area contributed by atoms with Gasteiger partial charge >= 0.3 is 129 Å². The summed E-state index contributed by atoms with van der Waals surface area (Å²) in [6.07, 6.45) is 4.88. The number of hydrogen-bond acceptors (Lipinski definition) is 2. The first-order chi connectivity index (χ1) is 12.5. The van der Waals surface area contributed by atoms with Gasteiger partial charge in [-0.2, -0.15) is 27.2 Å². The molecular formula is C22H50N4W-2. The van der Waals surface area contributed by atoms with Crippen molar-refractivity contribution in [3.05, 3.63) is 10.6 Å². The molecule has 0 aromatic rings. The van der Waals surface area contributed by atoms with E-state index in [4.69, 9.17) is 6.99 Å². The van der Waals surface area contributed by atoms with Crippen molar-refractivity contribution < 1.29 is 18.2 Å². The van der Waals surface area contributed by atoms with Gasteiger partial charge in [0.15, 0.2) is 0 Å². The van der Waals surface area contributed by atoms with Crippen molar-refractivity contribution in [3.8, 4) is 0 Å². The van der Waals surface area contributed by atoms with Crippen LogP contribution in [0.3, 0.4) is 0 Å². The van der Waals surface area contributed by atoms with E-state index >= 15 is 0 Å². The predicted octanol–water partition coefficient (Wildman–Crippen LogP) is 7.89. The zero-order valence-corrected chi connectivity index (χ0v) is 23.5. The van der Waals surface area contributed by atoms with Crippen molar-refractivity contribution in [1.82, 2.24) is 0 Å². The van der Waals surface area contributed by atoms with Crippen LogP contribution in [0, 0.1) is 10.8 Å². The Morgan fingerprint density at radius 1 is 0.667 bits per heavy atom. The zero-order chi connectivity index (χ0) is 21.9. The minimum Gasteiger partial charge on any atom is -0.665 e. The Kier molecular flexibility index (Phi) is 23.1. The monoisotopic (exact) mass is 554 g/mol. The summed E-state index contributed by atoms with van der Waals surface area (Å²) in [6, 6.07) is 1.02. The predicted molar refractivity (Wildman–Crippen MR) is 121 cm³/mol. The van der Waals surface area contributed by atoms with E-state index in [1.165, 1.54) is 25.7 Å². The van der Waals surface area contributed by atoms with Crippen LogP contribution in [-0.4, -0.2) is 39.3 Å². The normalized spacial score (nSPS) is 13.3. The molecule has 2 atom stereocenters. The first kappa shape index (κ1) is 31.9. The summed E-state index contributed by atoms with van der Waals surface area (Å²) in [6.45, 7) is 24.3. The van der Waals surface area contributed by atoms with Crippen LogP contribution >= 0.6 is 0 Å². The fourth-order valence-corrected chi connectivity index (χ4v) is 6.02. The standard InChI is InChI=1S/2C8H17N.2C3H8N.W/c2*1-5-6-7(9)8(2,3)4;2*1-3-4-2;/h2*7H,5-6H2,1-4H3;2*3H2,1-2H3;/q;;2*-1;. The van der Waals surface area contributed by atoms with Gasteiger partial charge in [0.1, 0.15) is 0 Å². The number of hydrogen-bond donors (Lipinski definition) is 0. The molecule has 0 N–H and O–H groups in total. The van der Waals surface area contributed by atoms with Crippen LogP contribution in [0.15, 0.2) is 6.99 Å². The average Bonchev–Trinajstić information content (AvgIpc) is 2.58. The molecule has 27 heavy (non-hydrogen) atoms. The maximum atomic E-state index is 5.02. The zero-order valence-electron chi connectivity index (χ0n) is 20.6. The molecular weight excluding hydrogens is 504 g/mol. The fraction of sp³-hybridized carbons (Fsp3) is 1.00. The van der Waals surface area contributed by atoms with Crippen molar-refractivity contribution in [1.29, 1.82) is 0 Å². The van der Waals surface area contributed by atoms with Gasteiger partial charge in [0, 0.05) is 0 Å². The Labute approximate surface area is 180 Å². The Morgan fingerprint density at radius 2 is 0.926 bits per heavy atom. The molecule has 0 amide bonds. The molecule has 0 radical (unpaired) electrons. The second-order valence-electron chi connectivity index (χ2n) is 8.90. The summed E-state index contributed by atoms with van der Waals surface area (Å²) in [4.78, 5) is 0. The molecule has 0 aliphatic heterocycles. The molecule has 0 spiro atoms. The molecule has 0 aromatic heterocycles. The minimum absolute atomic E-state index is 0.299. The van der Waals surface area contributed by atoms with E-state index in [1.54, 1.807) is 14.1 Å². The Bertz CT molecular complexity index is 327. The maximum Gasteiger partial charge on any atom is -0.0844 e. The van der Waals surface area contributed by atoms with Gasteiger partial charge in [-0.3, -0.25) is 0 Å². The minimum atomic E-state index is -0.895. The van der Waals surface area contributed by atoms with Crippen LogP contribution in [0.2, 0.25) is 0 Å². The van der Waals surface area contributed by atoms with E-state index in [-0.39, 0.29) is 0 Å². The van der Waals surface area contributed by atoms with Crippen molar-refractivity contribution >= 4 is 0 Å². The third kappa shape index (κ3) is 22.4. The van der Waals surface area contributed by atoms with Gasteiger partial charge in [-0.1, -0.05) is 13.8 Å². The average molecular weight is 555 g/mol. The van der Waals surface area contributed by atoms with Crippen LogP contribution in [0.1, 0.15) is 94.9 Å². The van der Waals surface area contributed by atoms with E-state index in [0.717, 1.165) is 13.1 Å². The molecule has 2 unspecified atom stereocenters. The van der Waals surface area contributed by atoms with Crippen LogP contribution in [0.4, 0.5) is 0 Å². The van der Waals surface area contributed by atoms with Crippen molar-refractivity contribution in [3.63, 3.8) is 0 Å². The van der Waals surface area contributed by atoms with E-state index in [0.29, 0.717) is 22.9 Å². The molecule has 4 nitrogen and oxygen atoms in total. The summed E-state index contributed by atoms with van der Waals surface area (Å²) in [5, 5.41) is 7.47. The Morgan fingerprint density at radius 3 is 1.07 bits per heavy atom. The van der Waals surface area contributed by atoms with Gasteiger partial charge < -0.3 is 10.6 Å². The fourth-order valence-electron chi connectivity index (χ4n) is 1.98. The van der Waals surface area contributed by atoms with Crippen LogP contribution < -0.4 is 0 Å². The molecule has 0 heterocycles. The molecule has 0 saturated carbocycles. The molecule has 5 heteroatoms. The molecule has 0 bridgehead atoms. The van der Waals surface area contributed by atoms with Gasteiger partial charge in [0.2, 0.25) is 0 Å². The second-order valence-corrected chi connectivity index (χ2v) is 11.0. The second kappa shape index (κ2) is 19.5. The molecule has 166 valence electrons. The summed E-state index contributed by atoms with van der Waals surface area (Å²) in [7, 11) is 3.61. The first-order valence-corrected chi connectivity index (χ1v) is 13.3. The SMILES string of the molecule is CCCC([N]=[W]=[N]C(CCC)C(C)(C)C)C(C)(C)C.CC[N-]C.CC[N-]C. The van der Waals surface area contributed by atoms with E-state index < -0.39 is 18.2 Å². The molecule has 0 aliphatic rings. The quantitative estimate of drug-likeness (QED) is 0.293. The summed E-state index contributed by atoms with van der Waals surface area (Å²) >= 11 is -0.895.